The van der Waals surface area contributed by atoms with Gasteiger partial charge in [-0.25, -0.2) is 4.98 Å². The van der Waals surface area contributed by atoms with Crippen LogP contribution in [0.3, 0.4) is 0 Å². The van der Waals surface area contributed by atoms with Crippen molar-refractivity contribution in [3.8, 4) is 0 Å². The molecule has 19 heavy (non-hydrogen) atoms. The fourth-order valence-corrected chi connectivity index (χ4v) is 4.50. The maximum atomic E-state index is 4.48. The first-order valence-electron chi connectivity index (χ1n) is 6.54. The zero-order chi connectivity index (χ0) is 13.9. The van der Waals surface area contributed by atoms with E-state index in [1.54, 1.807) is 11.8 Å². The van der Waals surface area contributed by atoms with Gasteiger partial charge in [0, 0.05) is 12.2 Å². The quantitative estimate of drug-likeness (QED) is 0.618. The molecule has 0 spiro atoms. The Hall–Kier alpha value is -0.653. The zero-order valence-electron chi connectivity index (χ0n) is 11.9. The summed E-state index contributed by atoms with van der Waals surface area (Å²) in [5.74, 6) is 1.94. The van der Waals surface area contributed by atoms with Crippen LogP contribution in [-0.2, 0) is 12.2 Å². The van der Waals surface area contributed by atoms with Crippen molar-refractivity contribution >= 4 is 36.6 Å². The molecule has 102 valence electrons. The molecule has 0 fully saturated rings. The highest BCUT2D eigenvalue weighted by molar-refractivity contribution is 8.00. The van der Waals surface area contributed by atoms with Crippen molar-refractivity contribution in [3.05, 3.63) is 35.7 Å². The normalized spacial score (nSPS) is 11.8. The summed E-state index contributed by atoms with van der Waals surface area (Å²) in [6, 6.07) is 9.09. The number of thioether (sulfide) groups is 1. The SMILES string of the molecule is CCc1nsc(SCc2ccc([Si](C)(C)C)cc2)n1. The molecule has 0 bridgehead atoms. The second kappa shape index (κ2) is 6.20. The average molecular weight is 309 g/mol. The molecule has 0 saturated carbocycles. The van der Waals surface area contributed by atoms with Crippen molar-refractivity contribution in [2.45, 2.75) is 43.1 Å². The Kier molecular flexibility index (Phi) is 4.81. The summed E-state index contributed by atoms with van der Waals surface area (Å²) in [6.07, 6.45) is 0.919. The molecule has 0 aliphatic heterocycles. The van der Waals surface area contributed by atoms with E-state index in [9.17, 15) is 0 Å². The van der Waals surface area contributed by atoms with E-state index in [4.69, 9.17) is 0 Å². The van der Waals surface area contributed by atoms with Crippen LogP contribution in [0.15, 0.2) is 28.6 Å². The zero-order valence-corrected chi connectivity index (χ0v) is 14.6. The van der Waals surface area contributed by atoms with Gasteiger partial charge in [-0.3, -0.25) is 0 Å². The monoisotopic (exact) mass is 308 g/mol. The Morgan fingerprint density at radius 3 is 2.37 bits per heavy atom. The van der Waals surface area contributed by atoms with Gasteiger partial charge in [0.1, 0.15) is 5.82 Å². The molecule has 2 nitrogen and oxygen atoms in total. The number of nitrogens with zero attached hydrogens (tertiary/aromatic N) is 2. The second-order valence-electron chi connectivity index (χ2n) is 5.57. The molecule has 0 amide bonds. The van der Waals surface area contributed by atoms with Gasteiger partial charge in [0.25, 0.3) is 0 Å². The lowest BCUT2D eigenvalue weighted by Crippen LogP contribution is -2.37. The Morgan fingerprint density at radius 2 is 1.84 bits per heavy atom. The van der Waals surface area contributed by atoms with Gasteiger partial charge in [0.05, 0.1) is 8.07 Å². The van der Waals surface area contributed by atoms with E-state index in [1.165, 1.54) is 22.3 Å². The molecule has 0 N–H and O–H groups in total. The highest BCUT2D eigenvalue weighted by Gasteiger charge is 2.15. The molecule has 0 unspecified atom stereocenters. The minimum absolute atomic E-state index is 0.919. The third-order valence-corrected chi connectivity index (χ3v) is 6.96. The average Bonchev–Trinajstić information content (AvgIpc) is 2.84. The Morgan fingerprint density at radius 1 is 1.16 bits per heavy atom. The van der Waals surface area contributed by atoms with Crippen molar-refractivity contribution in [1.82, 2.24) is 9.36 Å². The second-order valence-corrected chi connectivity index (χ2v) is 12.6. The van der Waals surface area contributed by atoms with E-state index < -0.39 is 8.07 Å². The van der Waals surface area contributed by atoms with Gasteiger partial charge in [-0.05, 0) is 17.1 Å². The van der Waals surface area contributed by atoms with Crippen molar-refractivity contribution in [3.63, 3.8) is 0 Å². The molecule has 0 aliphatic rings. The Labute approximate surface area is 124 Å². The summed E-state index contributed by atoms with van der Waals surface area (Å²) in [6.45, 7) is 9.23. The van der Waals surface area contributed by atoms with Crippen LogP contribution in [-0.4, -0.2) is 17.4 Å². The third-order valence-electron chi connectivity index (χ3n) is 2.95. The fraction of sp³-hybridized carbons (Fsp3) is 0.429. The van der Waals surface area contributed by atoms with Gasteiger partial charge in [0.2, 0.25) is 0 Å². The van der Waals surface area contributed by atoms with E-state index in [-0.39, 0.29) is 0 Å². The Bertz CT molecular complexity index is 529. The molecule has 0 atom stereocenters. The van der Waals surface area contributed by atoms with Gasteiger partial charge in [-0.2, -0.15) is 4.37 Å². The fourth-order valence-electron chi connectivity index (χ4n) is 1.69. The minimum Gasteiger partial charge on any atom is -0.213 e. The first-order valence-corrected chi connectivity index (χ1v) is 11.8. The molecule has 2 aromatic rings. The summed E-state index contributed by atoms with van der Waals surface area (Å²) in [4.78, 5) is 4.48. The predicted octanol–water partition coefficient (Wildman–Crippen LogP) is 3.94. The van der Waals surface area contributed by atoms with Gasteiger partial charge in [-0.1, -0.05) is 67.8 Å². The number of rotatable bonds is 5. The number of aryl methyl sites for hydroxylation is 1. The van der Waals surface area contributed by atoms with Crippen LogP contribution in [0.2, 0.25) is 19.6 Å². The largest absolute Gasteiger partial charge is 0.213 e. The molecular weight excluding hydrogens is 288 g/mol. The third kappa shape index (κ3) is 4.16. The molecule has 1 heterocycles. The van der Waals surface area contributed by atoms with Gasteiger partial charge in [-0.15, -0.1) is 0 Å². The van der Waals surface area contributed by atoms with E-state index in [2.05, 4.69) is 60.2 Å². The van der Waals surface area contributed by atoms with Crippen LogP contribution in [0.1, 0.15) is 18.3 Å². The lowest BCUT2D eigenvalue weighted by atomic mass is 10.2. The summed E-state index contributed by atoms with van der Waals surface area (Å²) < 4.78 is 5.38. The van der Waals surface area contributed by atoms with Crippen molar-refractivity contribution in [2.75, 3.05) is 0 Å². The topological polar surface area (TPSA) is 25.8 Å². The van der Waals surface area contributed by atoms with Crippen molar-refractivity contribution in [1.29, 1.82) is 0 Å². The molecular formula is C14H20N2S2Si. The van der Waals surface area contributed by atoms with Crippen molar-refractivity contribution < 1.29 is 0 Å². The summed E-state index contributed by atoms with van der Waals surface area (Å²) in [5, 5.41) is 1.52. The number of benzene rings is 1. The first kappa shape index (κ1) is 14.7. The maximum absolute atomic E-state index is 4.48. The van der Waals surface area contributed by atoms with Crippen LogP contribution >= 0.6 is 23.3 Å². The summed E-state index contributed by atoms with van der Waals surface area (Å²) in [5.41, 5.74) is 1.36. The molecule has 0 saturated heterocycles. The lowest BCUT2D eigenvalue weighted by Gasteiger charge is -2.16. The van der Waals surface area contributed by atoms with Crippen LogP contribution < -0.4 is 5.19 Å². The molecule has 1 aromatic carbocycles. The summed E-state index contributed by atoms with van der Waals surface area (Å²) >= 11 is 3.29. The summed E-state index contributed by atoms with van der Waals surface area (Å²) in [7, 11) is -1.17. The van der Waals surface area contributed by atoms with Gasteiger partial charge < -0.3 is 0 Å². The van der Waals surface area contributed by atoms with Crippen LogP contribution in [0, 0.1) is 0 Å². The van der Waals surface area contributed by atoms with E-state index in [0.717, 1.165) is 22.3 Å². The molecule has 2 rings (SSSR count). The van der Waals surface area contributed by atoms with E-state index >= 15 is 0 Å². The number of hydrogen-bond acceptors (Lipinski definition) is 4. The van der Waals surface area contributed by atoms with E-state index in [0.29, 0.717) is 0 Å². The minimum atomic E-state index is -1.17. The predicted molar refractivity (Wildman–Crippen MR) is 88.3 cm³/mol. The van der Waals surface area contributed by atoms with Crippen LogP contribution in [0.5, 0.6) is 0 Å². The highest BCUT2D eigenvalue weighted by atomic mass is 32.2. The number of aromatic nitrogens is 2. The molecule has 5 heteroatoms. The van der Waals surface area contributed by atoms with Crippen molar-refractivity contribution in [2.24, 2.45) is 0 Å². The van der Waals surface area contributed by atoms with Crippen LogP contribution in [0.4, 0.5) is 0 Å². The maximum Gasteiger partial charge on any atom is 0.170 e. The van der Waals surface area contributed by atoms with E-state index in [1.807, 2.05) is 0 Å². The molecule has 1 aromatic heterocycles. The lowest BCUT2D eigenvalue weighted by molar-refractivity contribution is 0.971. The van der Waals surface area contributed by atoms with Gasteiger partial charge in [0.15, 0.2) is 4.34 Å². The molecule has 0 radical (unpaired) electrons. The van der Waals surface area contributed by atoms with Crippen LogP contribution in [0.25, 0.3) is 0 Å². The van der Waals surface area contributed by atoms with Gasteiger partial charge >= 0.3 is 0 Å². The Balaban J connectivity index is 1.96. The molecule has 0 aliphatic carbocycles. The smallest absolute Gasteiger partial charge is 0.170 e. The standard InChI is InChI=1S/C14H20N2S2Si/c1-5-13-15-14(18-16-13)17-10-11-6-8-12(9-7-11)19(2,3)4/h6-9H,5,10H2,1-4H3. The number of hydrogen-bond donors (Lipinski definition) is 0. The first-order chi connectivity index (χ1) is 8.99. The highest BCUT2D eigenvalue weighted by Crippen LogP contribution is 2.24.